The average molecular weight is 536 g/mol. The van der Waals surface area contributed by atoms with Gasteiger partial charge in [0.25, 0.3) is 0 Å². The molecule has 2 amide bonds. The van der Waals surface area contributed by atoms with Crippen LogP contribution in [0.25, 0.3) is 10.9 Å². The van der Waals surface area contributed by atoms with Crippen molar-refractivity contribution in [3.63, 3.8) is 0 Å². The van der Waals surface area contributed by atoms with Crippen molar-refractivity contribution in [3.8, 4) is 0 Å². The highest BCUT2D eigenvalue weighted by Gasteiger charge is 2.17. The van der Waals surface area contributed by atoms with Gasteiger partial charge in [-0.25, -0.2) is 4.98 Å². The smallest absolute Gasteiger partial charge is 0.305 e. The lowest BCUT2D eigenvalue weighted by molar-refractivity contribution is -0.138. The van der Waals surface area contributed by atoms with Crippen LogP contribution >= 0.6 is 0 Å². The number of pyridine rings is 1. The quantitative estimate of drug-likeness (QED) is 0.274. The maximum atomic E-state index is 12.5. The minimum atomic E-state index is -0.965. The molecule has 39 heavy (non-hydrogen) atoms. The molecule has 0 radical (unpaired) electrons. The van der Waals surface area contributed by atoms with Crippen LogP contribution in [-0.4, -0.2) is 63.9 Å². The molecular formula is C30H41N5O4. The van der Waals surface area contributed by atoms with Crippen LogP contribution in [0.15, 0.2) is 42.6 Å². The molecule has 1 aliphatic heterocycles. The molecule has 210 valence electrons. The molecule has 0 unspecified atom stereocenters. The van der Waals surface area contributed by atoms with Crippen molar-refractivity contribution in [2.75, 3.05) is 31.5 Å². The maximum Gasteiger partial charge on any atom is 0.305 e. The highest BCUT2D eigenvalue weighted by molar-refractivity contribution is 5.85. The largest absolute Gasteiger partial charge is 0.481 e. The summed E-state index contributed by atoms with van der Waals surface area (Å²) >= 11 is 0. The molecular weight excluding hydrogens is 494 g/mol. The van der Waals surface area contributed by atoms with Crippen LogP contribution in [0, 0.1) is 0 Å². The molecule has 3 heterocycles. The molecule has 9 nitrogen and oxygen atoms in total. The normalized spacial score (nSPS) is 12.1. The van der Waals surface area contributed by atoms with Crippen molar-refractivity contribution in [2.45, 2.75) is 65.2 Å². The van der Waals surface area contributed by atoms with Gasteiger partial charge in [-0.15, -0.1) is 0 Å². The van der Waals surface area contributed by atoms with E-state index in [9.17, 15) is 14.4 Å². The van der Waals surface area contributed by atoms with E-state index in [4.69, 9.17) is 5.11 Å². The summed E-state index contributed by atoms with van der Waals surface area (Å²) in [6.45, 7) is 5.62. The van der Waals surface area contributed by atoms with Crippen LogP contribution in [0.3, 0.4) is 0 Å². The fourth-order valence-electron chi connectivity index (χ4n) is 4.61. The van der Waals surface area contributed by atoms with Crippen molar-refractivity contribution < 1.29 is 19.5 Å². The summed E-state index contributed by atoms with van der Waals surface area (Å²) < 4.78 is 0. The van der Waals surface area contributed by atoms with Gasteiger partial charge in [-0.1, -0.05) is 38.1 Å². The van der Waals surface area contributed by atoms with Crippen molar-refractivity contribution in [2.24, 2.45) is 0 Å². The predicted octanol–water partition coefficient (Wildman–Crippen LogP) is 4.32. The molecule has 1 aliphatic rings. The topological polar surface area (TPSA) is 127 Å². The first-order valence-electron chi connectivity index (χ1n) is 13.9. The van der Waals surface area contributed by atoms with Gasteiger partial charge in [-0.05, 0) is 61.8 Å². The number of aryl methyl sites for hydroxylation is 3. The van der Waals surface area contributed by atoms with E-state index >= 15 is 0 Å². The third kappa shape index (κ3) is 9.42. The Labute approximate surface area is 230 Å². The Morgan fingerprint density at radius 3 is 2.69 bits per heavy atom. The molecule has 1 aromatic carbocycles. The van der Waals surface area contributed by atoms with Gasteiger partial charge in [0.05, 0.1) is 13.0 Å². The van der Waals surface area contributed by atoms with Gasteiger partial charge in [0, 0.05) is 48.8 Å². The van der Waals surface area contributed by atoms with Crippen LogP contribution in [0.2, 0.25) is 0 Å². The van der Waals surface area contributed by atoms with Gasteiger partial charge in [0.2, 0.25) is 11.8 Å². The number of aromatic amines is 1. The van der Waals surface area contributed by atoms with Gasteiger partial charge in [0.15, 0.2) is 0 Å². The van der Waals surface area contributed by atoms with E-state index in [0.717, 1.165) is 43.7 Å². The van der Waals surface area contributed by atoms with E-state index < -0.39 is 5.97 Å². The number of aliphatic carboxylic acids is 1. The lowest BCUT2D eigenvalue weighted by Gasteiger charge is -2.21. The number of hydrogen-bond acceptors (Lipinski definition) is 5. The lowest BCUT2D eigenvalue weighted by atomic mass is 10.1. The number of rotatable bonds is 12. The zero-order valence-corrected chi connectivity index (χ0v) is 23.1. The number of nitrogens with one attached hydrogen (secondary N) is 3. The molecule has 0 spiro atoms. The Balaban J connectivity index is 0.000000314. The summed E-state index contributed by atoms with van der Waals surface area (Å²) in [5.41, 5.74) is 4.86. The molecule has 4 N–H and O–H groups in total. The van der Waals surface area contributed by atoms with E-state index in [2.05, 4.69) is 64.1 Å². The number of nitrogens with zero attached hydrogens (tertiary/aromatic N) is 2. The Hall–Kier alpha value is -3.88. The SMILES string of the molecule is CCCN(CC(=O)NCCC(=O)O)C(=O)CCCc1ccc2c(n1)NCCC2.CCc1c[nH]c2ccccc12. The molecule has 0 saturated carbocycles. The maximum absolute atomic E-state index is 12.5. The average Bonchev–Trinajstić information content (AvgIpc) is 3.36. The van der Waals surface area contributed by atoms with E-state index in [1.54, 1.807) is 0 Å². The molecule has 0 atom stereocenters. The number of carbonyl (C=O) groups is 3. The number of carboxylic acid groups (broad SMARTS) is 1. The number of aromatic nitrogens is 2. The number of carboxylic acids is 1. The van der Waals surface area contributed by atoms with Gasteiger partial charge in [-0.2, -0.15) is 0 Å². The molecule has 4 rings (SSSR count). The third-order valence-corrected chi connectivity index (χ3v) is 6.67. The van der Waals surface area contributed by atoms with Gasteiger partial charge in [-0.3, -0.25) is 14.4 Å². The van der Waals surface area contributed by atoms with Crippen LogP contribution in [0.1, 0.15) is 62.8 Å². The number of fused-ring (bicyclic) bond motifs is 2. The van der Waals surface area contributed by atoms with Gasteiger partial charge >= 0.3 is 5.97 Å². The zero-order valence-electron chi connectivity index (χ0n) is 23.1. The van der Waals surface area contributed by atoms with Crippen molar-refractivity contribution in [3.05, 3.63) is 59.4 Å². The minimum Gasteiger partial charge on any atom is -0.481 e. The highest BCUT2D eigenvalue weighted by atomic mass is 16.4. The lowest BCUT2D eigenvalue weighted by Crippen LogP contribution is -2.41. The highest BCUT2D eigenvalue weighted by Crippen LogP contribution is 2.20. The van der Waals surface area contributed by atoms with Crippen molar-refractivity contribution in [1.82, 2.24) is 20.2 Å². The van der Waals surface area contributed by atoms with E-state index in [1.165, 1.54) is 26.9 Å². The second kappa shape index (κ2) is 15.5. The standard InChI is InChI=1S/C20H30N4O4.C10H11N/c1-2-13-24(14-17(25)21-12-10-19(27)28)18(26)7-3-6-16-9-8-15-5-4-11-22-20(15)23-16;1-2-8-7-11-10-6-4-3-5-9(8)10/h8-9H,2-7,10-14H2,1H3,(H,21,25)(H,22,23)(H,27,28);3-7,11H,2H2,1H3. The molecule has 0 fully saturated rings. The van der Waals surface area contributed by atoms with Crippen molar-refractivity contribution >= 4 is 34.5 Å². The Bertz CT molecular complexity index is 1240. The first kappa shape index (κ1) is 29.7. The fraction of sp³-hybridized carbons (Fsp3) is 0.467. The van der Waals surface area contributed by atoms with Gasteiger partial charge in [0.1, 0.15) is 5.82 Å². The number of carbonyl (C=O) groups excluding carboxylic acids is 2. The summed E-state index contributed by atoms with van der Waals surface area (Å²) in [6.07, 6.45) is 7.73. The molecule has 3 aromatic rings. The first-order chi connectivity index (χ1) is 18.9. The zero-order chi connectivity index (χ0) is 28.0. The van der Waals surface area contributed by atoms with Crippen molar-refractivity contribution in [1.29, 1.82) is 0 Å². The fourth-order valence-corrected chi connectivity index (χ4v) is 4.61. The Morgan fingerprint density at radius 1 is 1.10 bits per heavy atom. The summed E-state index contributed by atoms with van der Waals surface area (Å²) in [5, 5.41) is 15.8. The van der Waals surface area contributed by atoms with E-state index in [1.807, 2.05) is 13.0 Å². The molecule has 9 heteroatoms. The Morgan fingerprint density at radius 2 is 1.92 bits per heavy atom. The summed E-state index contributed by atoms with van der Waals surface area (Å²) in [7, 11) is 0. The summed E-state index contributed by atoms with van der Waals surface area (Å²) in [6, 6.07) is 12.5. The molecule has 2 aromatic heterocycles. The van der Waals surface area contributed by atoms with E-state index in [-0.39, 0.29) is 31.3 Å². The number of benzene rings is 1. The summed E-state index contributed by atoms with van der Waals surface area (Å²) in [4.78, 5) is 44.3. The first-order valence-corrected chi connectivity index (χ1v) is 13.9. The van der Waals surface area contributed by atoms with Crippen LogP contribution in [-0.2, 0) is 33.6 Å². The number of H-pyrrole nitrogens is 1. The number of anilines is 1. The third-order valence-electron chi connectivity index (χ3n) is 6.67. The molecule has 0 aliphatic carbocycles. The predicted molar refractivity (Wildman–Crippen MR) is 154 cm³/mol. The van der Waals surface area contributed by atoms with E-state index in [0.29, 0.717) is 25.8 Å². The van der Waals surface area contributed by atoms with Gasteiger partial charge < -0.3 is 25.6 Å². The second-order valence-corrected chi connectivity index (χ2v) is 9.72. The van der Waals surface area contributed by atoms with Crippen LogP contribution in [0.4, 0.5) is 5.82 Å². The molecule has 0 bridgehead atoms. The number of hydrogen-bond donors (Lipinski definition) is 4. The number of amides is 2. The molecule has 0 saturated heterocycles. The second-order valence-electron chi connectivity index (χ2n) is 9.72. The van der Waals surface area contributed by atoms with Crippen LogP contribution < -0.4 is 10.6 Å². The summed E-state index contributed by atoms with van der Waals surface area (Å²) in [5.74, 6) is -0.398. The van der Waals surface area contributed by atoms with Crippen LogP contribution in [0.5, 0.6) is 0 Å². The minimum absolute atomic E-state index is 0.0344. The number of para-hydroxylation sites is 1. The Kier molecular flexibility index (Phi) is 11.8. The monoisotopic (exact) mass is 535 g/mol.